The van der Waals surface area contributed by atoms with Crippen molar-refractivity contribution in [2.45, 2.75) is 57.3 Å². The fourth-order valence-corrected chi connectivity index (χ4v) is 4.96. The van der Waals surface area contributed by atoms with Gasteiger partial charge in [-0.3, -0.25) is 4.79 Å². The number of ether oxygens (including phenoxy) is 2. The minimum absolute atomic E-state index is 0.113. The maximum Gasteiger partial charge on any atom is 0.456 e. The van der Waals surface area contributed by atoms with E-state index in [9.17, 15) is 18.7 Å². The van der Waals surface area contributed by atoms with E-state index in [1.54, 1.807) is 30.3 Å². The van der Waals surface area contributed by atoms with Gasteiger partial charge in [-0.05, 0) is 47.9 Å². The molecule has 0 fully saturated rings. The SMILES string of the molecule is CCCCCOc1cc2ccc(S(=O)(=O)C(=[N+]=[N-])C(=O)c3ccccc3)cc2cc1OCCCCC. The highest BCUT2D eigenvalue weighted by Gasteiger charge is 2.38. The molecule has 36 heavy (non-hydrogen) atoms. The molecular weight excluding hydrogens is 476 g/mol. The maximum absolute atomic E-state index is 13.3. The Morgan fingerprint density at radius 3 is 1.94 bits per heavy atom. The van der Waals surface area contributed by atoms with Crippen LogP contribution in [-0.4, -0.2) is 37.2 Å². The van der Waals surface area contributed by atoms with Crippen molar-refractivity contribution in [1.82, 2.24) is 0 Å². The Hall–Kier alpha value is -3.48. The number of rotatable bonds is 13. The number of sulfone groups is 1. The zero-order valence-corrected chi connectivity index (χ0v) is 21.6. The van der Waals surface area contributed by atoms with Crippen LogP contribution in [0.2, 0.25) is 0 Å². The highest BCUT2D eigenvalue weighted by Crippen LogP contribution is 2.34. The summed E-state index contributed by atoms with van der Waals surface area (Å²) in [4.78, 5) is 15.5. The molecule has 7 nitrogen and oxygen atoms in total. The number of ketones is 1. The lowest BCUT2D eigenvalue weighted by Gasteiger charge is -2.14. The number of nitrogens with zero attached hydrogens (tertiary/aromatic N) is 2. The van der Waals surface area contributed by atoms with Crippen molar-refractivity contribution in [2.24, 2.45) is 0 Å². The number of Topliss-reactive ketones (excluding diaryl/α,β-unsaturated/α-hetero) is 1. The van der Waals surface area contributed by atoms with Crippen LogP contribution in [-0.2, 0) is 9.84 Å². The van der Waals surface area contributed by atoms with Crippen molar-refractivity contribution < 1.29 is 27.5 Å². The van der Waals surface area contributed by atoms with Gasteiger partial charge in [-0.15, -0.1) is 4.79 Å². The average Bonchev–Trinajstić information content (AvgIpc) is 2.89. The zero-order chi connectivity index (χ0) is 26.0. The van der Waals surface area contributed by atoms with Crippen LogP contribution in [0.15, 0.2) is 65.6 Å². The standard InChI is InChI=1S/C28H32N2O5S/c1-3-5-10-16-34-25-19-22-14-15-24(18-23(22)20-26(25)35-17-11-6-4-2)36(32,33)28(30-29)27(31)21-12-8-7-9-13-21/h7-9,12-15,18-20H,3-6,10-11,16-17H2,1-2H3. The van der Waals surface area contributed by atoms with Gasteiger partial charge in [0.1, 0.15) is 0 Å². The summed E-state index contributed by atoms with van der Waals surface area (Å²) < 4.78 is 38.5. The third-order valence-corrected chi connectivity index (χ3v) is 7.42. The summed E-state index contributed by atoms with van der Waals surface area (Å²) >= 11 is 0. The summed E-state index contributed by atoms with van der Waals surface area (Å²) in [6.45, 7) is 5.33. The highest BCUT2D eigenvalue weighted by atomic mass is 32.2. The summed E-state index contributed by atoms with van der Waals surface area (Å²) in [7, 11) is -4.38. The summed E-state index contributed by atoms with van der Waals surface area (Å²) in [5.74, 6) is 0.276. The molecule has 190 valence electrons. The van der Waals surface area contributed by atoms with Crippen molar-refractivity contribution >= 4 is 31.4 Å². The third-order valence-electron chi connectivity index (χ3n) is 5.77. The second-order valence-corrected chi connectivity index (χ2v) is 10.4. The first-order valence-corrected chi connectivity index (χ1v) is 13.8. The van der Waals surface area contributed by atoms with Crippen LogP contribution < -0.4 is 9.47 Å². The smallest absolute Gasteiger partial charge is 0.456 e. The number of unbranched alkanes of at least 4 members (excludes halogenated alkanes) is 4. The number of benzene rings is 3. The van der Waals surface area contributed by atoms with Crippen LogP contribution in [0, 0.1) is 0 Å². The molecule has 3 aromatic carbocycles. The van der Waals surface area contributed by atoms with Gasteiger partial charge in [-0.25, -0.2) is 8.42 Å². The number of hydrogen-bond donors (Lipinski definition) is 0. The Bertz CT molecular complexity index is 1350. The predicted molar refractivity (Wildman–Crippen MR) is 141 cm³/mol. The summed E-state index contributed by atoms with van der Waals surface area (Å²) in [5.41, 5.74) is 9.57. The molecule has 3 aromatic rings. The zero-order valence-electron chi connectivity index (χ0n) is 20.8. The van der Waals surface area contributed by atoms with Gasteiger partial charge in [-0.2, -0.15) is 0 Å². The lowest BCUT2D eigenvalue weighted by Crippen LogP contribution is -2.26. The first-order valence-electron chi connectivity index (χ1n) is 12.3. The van der Waals surface area contributed by atoms with Crippen LogP contribution in [0.5, 0.6) is 11.5 Å². The molecule has 0 N–H and O–H groups in total. The summed E-state index contributed by atoms with van der Waals surface area (Å²) in [6, 6.07) is 15.9. The molecule has 0 bridgehead atoms. The van der Waals surface area contributed by atoms with Gasteiger partial charge >= 0.3 is 5.04 Å². The quantitative estimate of drug-likeness (QED) is 0.0676. The Morgan fingerprint density at radius 2 is 1.39 bits per heavy atom. The molecular formula is C28H32N2O5S. The second-order valence-electron chi connectivity index (χ2n) is 8.52. The Labute approximate surface area is 212 Å². The minimum Gasteiger partial charge on any atom is -0.490 e. The van der Waals surface area contributed by atoms with E-state index in [0.29, 0.717) is 30.1 Å². The fraction of sp³-hybridized carbons (Fsp3) is 0.357. The van der Waals surface area contributed by atoms with Crippen molar-refractivity contribution in [1.29, 1.82) is 0 Å². The van der Waals surface area contributed by atoms with E-state index in [1.807, 2.05) is 6.07 Å². The number of carbonyl (C=O) groups excluding carboxylic acids is 1. The van der Waals surface area contributed by atoms with E-state index in [0.717, 1.165) is 43.9 Å². The van der Waals surface area contributed by atoms with E-state index >= 15 is 0 Å². The molecule has 0 atom stereocenters. The van der Waals surface area contributed by atoms with Crippen LogP contribution in [0.3, 0.4) is 0 Å². The molecule has 0 heterocycles. The molecule has 8 heteroatoms. The Balaban J connectivity index is 1.96. The second kappa shape index (κ2) is 13.0. The van der Waals surface area contributed by atoms with Crippen molar-refractivity contribution in [3.63, 3.8) is 0 Å². The Morgan fingerprint density at radius 1 is 0.806 bits per heavy atom. The molecule has 0 aliphatic heterocycles. The predicted octanol–water partition coefficient (Wildman–Crippen LogP) is 6.26. The Kier molecular flexibility index (Phi) is 9.79. The van der Waals surface area contributed by atoms with E-state index < -0.39 is 20.7 Å². The fourth-order valence-electron chi connectivity index (χ4n) is 3.74. The van der Waals surface area contributed by atoms with E-state index in [2.05, 4.69) is 18.6 Å². The molecule has 0 aromatic heterocycles. The monoisotopic (exact) mass is 508 g/mol. The minimum atomic E-state index is -4.38. The van der Waals surface area contributed by atoms with Gasteiger partial charge in [0.2, 0.25) is 0 Å². The molecule has 0 unspecified atom stereocenters. The van der Waals surface area contributed by atoms with Gasteiger partial charge in [0.25, 0.3) is 15.6 Å². The van der Waals surface area contributed by atoms with Gasteiger partial charge < -0.3 is 15.0 Å². The third kappa shape index (κ3) is 6.59. The first-order chi connectivity index (χ1) is 17.4. The number of fused-ring (bicyclic) bond motifs is 1. The van der Waals surface area contributed by atoms with E-state index in [1.165, 1.54) is 24.3 Å². The van der Waals surface area contributed by atoms with E-state index in [-0.39, 0.29) is 10.5 Å². The van der Waals surface area contributed by atoms with Crippen molar-refractivity contribution in [3.05, 3.63) is 71.8 Å². The largest absolute Gasteiger partial charge is 0.490 e. The molecule has 0 radical (unpaired) electrons. The lowest BCUT2D eigenvalue weighted by atomic mass is 10.1. The van der Waals surface area contributed by atoms with Gasteiger partial charge in [-0.1, -0.05) is 75.9 Å². The first kappa shape index (κ1) is 27.1. The normalized spacial score (nSPS) is 11.2. The molecule has 0 aliphatic carbocycles. The summed E-state index contributed by atoms with van der Waals surface area (Å²) in [5, 5.41) is 0.434. The maximum atomic E-state index is 13.3. The van der Waals surface area contributed by atoms with Crippen LogP contribution in [0.4, 0.5) is 0 Å². The van der Waals surface area contributed by atoms with E-state index in [4.69, 9.17) is 9.47 Å². The molecule has 0 spiro atoms. The molecule has 0 aliphatic rings. The number of carbonyl (C=O) groups is 1. The molecule has 0 saturated carbocycles. The topological polar surface area (TPSA) is 106 Å². The summed E-state index contributed by atoms with van der Waals surface area (Å²) in [6.07, 6.45) is 6.10. The molecule has 0 saturated heterocycles. The van der Waals surface area contributed by atoms with Crippen LogP contribution in [0.25, 0.3) is 16.3 Å². The van der Waals surface area contributed by atoms with Gasteiger partial charge in [0.05, 0.1) is 18.1 Å². The average molecular weight is 509 g/mol. The highest BCUT2D eigenvalue weighted by molar-refractivity contribution is 8.08. The van der Waals surface area contributed by atoms with Gasteiger partial charge in [0.15, 0.2) is 11.5 Å². The lowest BCUT2D eigenvalue weighted by molar-refractivity contribution is -0.00158. The van der Waals surface area contributed by atoms with Crippen LogP contribution >= 0.6 is 0 Å². The number of hydrogen-bond acceptors (Lipinski definition) is 5. The molecule has 0 amide bonds. The van der Waals surface area contributed by atoms with Gasteiger partial charge in [0, 0.05) is 5.56 Å². The van der Waals surface area contributed by atoms with Crippen molar-refractivity contribution in [3.8, 4) is 11.5 Å². The van der Waals surface area contributed by atoms with Crippen molar-refractivity contribution in [2.75, 3.05) is 13.2 Å². The van der Waals surface area contributed by atoms with Crippen LogP contribution in [0.1, 0.15) is 62.7 Å². The molecule has 3 rings (SSSR count).